The number of aliphatic hydroxyl groups is 1. The molecule has 0 fully saturated rings. The van der Waals surface area contributed by atoms with E-state index in [-0.39, 0.29) is 0 Å². The van der Waals surface area contributed by atoms with E-state index in [1.165, 1.54) is 11.3 Å². The molecule has 2 aromatic heterocycles. The van der Waals surface area contributed by atoms with Crippen molar-refractivity contribution in [3.8, 4) is 5.75 Å². The van der Waals surface area contributed by atoms with E-state index >= 15 is 0 Å². The Morgan fingerprint density at radius 3 is 2.71 bits per heavy atom. The van der Waals surface area contributed by atoms with Crippen LogP contribution in [0.3, 0.4) is 0 Å². The van der Waals surface area contributed by atoms with E-state index in [0.29, 0.717) is 5.75 Å². The summed E-state index contributed by atoms with van der Waals surface area (Å²) in [4.78, 5) is 9.20. The van der Waals surface area contributed by atoms with Crippen molar-refractivity contribution in [1.29, 1.82) is 0 Å². The van der Waals surface area contributed by atoms with E-state index in [0.717, 1.165) is 21.1 Å². The first-order chi connectivity index (χ1) is 8.11. The number of hydrogen-bond donors (Lipinski definition) is 1. The van der Waals surface area contributed by atoms with Crippen LogP contribution in [0.2, 0.25) is 0 Å². The maximum atomic E-state index is 10.3. The summed E-state index contributed by atoms with van der Waals surface area (Å²) in [7, 11) is 1.58. The zero-order valence-corrected chi connectivity index (χ0v) is 10.8. The molecule has 5 heteroatoms. The largest absolute Gasteiger partial charge is 0.495 e. The first-order valence-corrected chi connectivity index (χ1v) is 6.04. The van der Waals surface area contributed by atoms with E-state index in [2.05, 4.69) is 9.97 Å². The molecule has 2 rings (SSSR count). The molecule has 0 aliphatic heterocycles. The van der Waals surface area contributed by atoms with E-state index in [1.807, 2.05) is 13.8 Å². The summed E-state index contributed by atoms with van der Waals surface area (Å²) in [6, 6.07) is 1.78. The molecule has 90 valence electrons. The van der Waals surface area contributed by atoms with Gasteiger partial charge in [0.2, 0.25) is 0 Å². The first-order valence-electron chi connectivity index (χ1n) is 5.22. The second-order valence-corrected chi connectivity index (χ2v) is 4.98. The molecule has 4 nitrogen and oxygen atoms in total. The van der Waals surface area contributed by atoms with Crippen molar-refractivity contribution < 1.29 is 9.84 Å². The number of hydrogen-bond acceptors (Lipinski definition) is 5. The molecule has 1 N–H and O–H groups in total. The smallest absolute Gasteiger partial charge is 0.137 e. The highest BCUT2D eigenvalue weighted by Crippen LogP contribution is 2.30. The van der Waals surface area contributed by atoms with Crippen molar-refractivity contribution in [3.63, 3.8) is 0 Å². The molecule has 0 amide bonds. The molecule has 17 heavy (non-hydrogen) atoms. The highest BCUT2D eigenvalue weighted by Gasteiger charge is 2.17. The second-order valence-electron chi connectivity index (χ2n) is 3.74. The fourth-order valence-corrected chi connectivity index (χ4v) is 2.59. The van der Waals surface area contributed by atoms with E-state index < -0.39 is 6.10 Å². The van der Waals surface area contributed by atoms with Gasteiger partial charge in [-0.1, -0.05) is 0 Å². The molecule has 0 saturated carbocycles. The van der Waals surface area contributed by atoms with Gasteiger partial charge < -0.3 is 9.84 Å². The molecule has 0 aliphatic rings. The van der Waals surface area contributed by atoms with Crippen molar-refractivity contribution in [1.82, 2.24) is 9.97 Å². The predicted octanol–water partition coefficient (Wildman–Crippen LogP) is 2.25. The van der Waals surface area contributed by atoms with Crippen LogP contribution in [0, 0.1) is 13.8 Å². The summed E-state index contributed by atoms with van der Waals surface area (Å²) in [5.74, 6) is 0.639. The quantitative estimate of drug-likeness (QED) is 0.907. The van der Waals surface area contributed by atoms with Gasteiger partial charge in [-0.15, -0.1) is 11.3 Å². The maximum absolute atomic E-state index is 10.3. The van der Waals surface area contributed by atoms with Crippen molar-refractivity contribution in [2.24, 2.45) is 0 Å². The van der Waals surface area contributed by atoms with Gasteiger partial charge in [-0.3, -0.25) is 4.98 Å². The number of rotatable bonds is 3. The van der Waals surface area contributed by atoms with Crippen LogP contribution < -0.4 is 4.74 Å². The minimum absolute atomic E-state index is 0.639. The number of ether oxygens (including phenoxy) is 1. The lowest BCUT2D eigenvalue weighted by molar-refractivity contribution is 0.222. The Hall–Kier alpha value is -1.46. The molecule has 1 atom stereocenters. The minimum Gasteiger partial charge on any atom is -0.495 e. The topological polar surface area (TPSA) is 55.2 Å². The fourth-order valence-electron chi connectivity index (χ4n) is 1.65. The van der Waals surface area contributed by atoms with Crippen molar-refractivity contribution >= 4 is 11.3 Å². The molecule has 0 saturated heterocycles. The lowest BCUT2D eigenvalue weighted by Crippen LogP contribution is -2.00. The Morgan fingerprint density at radius 2 is 2.12 bits per heavy atom. The van der Waals surface area contributed by atoms with E-state index in [4.69, 9.17) is 4.74 Å². The Bertz CT molecular complexity index is 525. The lowest BCUT2D eigenvalue weighted by atomic mass is 10.1. The van der Waals surface area contributed by atoms with Gasteiger partial charge in [0.15, 0.2) is 0 Å². The molecule has 0 aromatic carbocycles. The molecule has 1 unspecified atom stereocenters. The number of methoxy groups -OCH3 is 1. The zero-order chi connectivity index (χ0) is 12.4. The van der Waals surface area contributed by atoms with Gasteiger partial charge in [0.1, 0.15) is 11.9 Å². The normalized spacial score (nSPS) is 12.5. The molecular weight excluding hydrogens is 236 g/mol. The van der Waals surface area contributed by atoms with Crippen LogP contribution in [0.1, 0.15) is 27.2 Å². The molecule has 0 radical (unpaired) electrons. The highest BCUT2D eigenvalue weighted by atomic mass is 32.1. The summed E-state index contributed by atoms with van der Waals surface area (Å²) < 4.78 is 5.09. The molecule has 2 aromatic rings. The highest BCUT2D eigenvalue weighted by molar-refractivity contribution is 7.11. The van der Waals surface area contributed by atoms with Crippen LogP contribution in [0.4, 0.5) is 0 Å². The predicted molar refractivity (Wildman–Crippen MR) is 66.4 cm³/mol. The molecule has 0 bridgehead atoms. The summed E-state index contributed by atoms with van der Waals surface area (Å²) in [6.07, 6.45) is 2.56. The lowest BCUT2D eigenvalue weighted by Gasteiger charge is -2.10. The maximum Gasteiger partial charge on any atom is 0.137 e. The standard InChI is InChI=1S/C12H14N2O2S/c1-7-12(17-8(2)14-7)11(15)9-4-10(16-3)6-13-5-9/h4-6,11,15H,1-3H3. The summed E-state index contributed by atoms with van der Waals surface area (Å²) in [6.45, 7) is 3.83. The third-order valence-electron chi connectivity index (χ3n) is 2.47. The van der Waals surface area contributed by atoms with Gasteiger partial charge in [-0.05, 0) is 19.9 Å². The first kappa shape index (κ1) is 12.0. The third kappa shape index (κ3) is 2.45. The van der Waals surface area contributed by atoms with Crippen molar-refractivity contribution in [2.45, 2.75) is 20.0 Å². The van der Waals surface area contributed by atoms with Gasteiger partial charge in [-0.25, -0.2) is 4.98 Å². The van der Waals surface area contributed by atoms with E-state index in [9.17, 15) is 5.11 Å². The number of nitrogens with zero attached hydrogens (tertiary/aromatic N) is 2. The van der Waals surface area contributed by atoms with Crippen molar-refractivity contribution in [3.05, 3.63) is 39.6 Å². The van der Waals surface area contributed by atoms with Gasteiger partial charge in [0, 0.05) is 11.8 Å². The Labute approximate surface area is 104 Å². The molecule has 0 aliphatic carbocycles. The SMILES string of the molecule is COc1cncc(C(O)c2sc(C)nc2C)c1. The molecule has 2 heterocycles. The van der Waals surface area contributed by atoms with Crippen LogP contribution in [0.25, 0.3) is 0 Å². The summed E-state index contributed by atoms with van der Waals surface area (Å²) in [5, 5.41) is 11.2. The minimum atomic E-state index is -0.691. The Morgan fingerprint density at radius 1 is 1.35 bits per heavy atom. The number of aliphatic hydroxyl groups excluding tert-OH is 1. The van der Waals surface area contributed by atoms with Crippen LogP contribution in [-0.4, -0.2) is 22.2 Å². The fraction of sp³-hybridized carbons (Fsp3) is 0.333. The number of pyridine rings is 1. The average Bonchev–Trinajstić information content (AvgIpc) is 2.67. The number of aryl methyl sites for hydroxylation is 2. The van der Waals surface area contributed by atoms with Gasteiger partial charge in [0.25, 0.3) is 0 Å². The number of thiazole rings is 1. The molecular formula is C12H14N2O2S. The third-order valence-corrected chi connectivity index (χ3v) is 3.60. The van der Waals surface area contributed by atoms with E-state index in [1.54, 1.807) is 25.6 Å². The number of aromatic nitrogens is 2. The van der Waals surface area contributed by atoms with Crippen LogP contribution in [-0.2, 0) is 0 Å². The summed E-state index contributed by atoms with van der Waals surface area (Å²) in [5.41, 5.74) is 1.58. The van der Waals surface area contributed by atoms with Crippen LogP contribution >= 0.6 is 11.3 Å². The van der Waals surface area contributed by atoms with Crippen LogP contribution in [0.15, 0.2) is 18.5 Å². The van der Waals surface area contributed by atoms with Gasteiger partial charge in [0.05, 0.1) is 28.9 Å². The van der Waals surface area contributed by atoms with Crippen LogP contribution in [0.5, 0.6) is 5.75 Å². The van der Waals surface area contributed by atoms with Gasteiger partial charge >= 0.3 is 0 Å². The second kappa shape index (κ2) is 4.81. The zero-order valence-electron chi connectivity index (χ0n) is 9.97. The Balaban J connectivity index is 2.36. The Kier molecular flexibility index (Phi) is 3.40. The van der Waals surface area contributed by atoms with Crippen molar-refractivity contribution in [2.75, 3.05) is 7.11 Å². The monoisotopic (exact) mass is 250 g/mol. The molecule has 0 spiro atoms. The summed E-state index contributed by atoms with van der Waals surface area (Å²) >= 11 is 1.50. The van der Waals surface area contributed by atoms with Gasteiger partial charge in [-0.2, -0.15) is 0 Å². The average molecular weight is 250 g/mol.